The Labute approximate surface area is 334 Å². The van der Waals surface area contributed by atoms with Gasteiger partial charge in [-0.15, -0.1) is 11.8 Å². The number of halogens is 3. The predicted molar refractivity (Wildman–Crippen MR) is 197 cm³/mol. The quantitative estimate of drug-likeness (QED) is 0.0490. The number of esters is 1. The Morgan fingerprint density at radius 2 is 1.86 bits per heavy atom. The van der Waals surface area contributed by atoms with Crippen molar-refractivity contribution < 1.29 is 70.1 Å². The highest BCUT2D eigenvalue weighted by molar-refractivity contribution is 8.00. The summed E-state index contributed by atoms with van der Waals surface area (Å²) >= 11 is 1.20. The summed E-state index contributed by atoms with van der Waals surface area (Å²) in [7, 11) is -4.71. The van der Waals surface area contributed by atoms with E-state index < -0.39 is 85.0 Å². The molecule has 0 spiro atoms. The molecule has 312 valence electrons. The van der Waals surface area contributed by atoms with Gasteiger partial charge in [-0.25, -0.2) is 32.2 Å². The third kappa shape index (κ3) is 14.4. The summed E-state index contributed by atoms with van der Waals surface area (Å²) in [5, 5.41) is 14.0. The van der Waals surface area contributed by atoms with Gasteiger partial charge in [-0.3, -0.25) is 14.1 Å². The molecule has 1 saturated heterocycles. The molecule has 0 radical (unpaired) electrons. The summed E-state index contributed by atoms with van der Waals surface area (Å²) in [6.45, 7) is 2.01. The highest BCUT2D eigenvalue weighted by Gasteiger charge is 2.47. The van der Waals surface area contributed by atoms with Crippen LogP contribution < -0.4 is 5.32 Å². The van der Waals surface area contributed by atoms with Gasteiger partial charge >= 0.3 is 19.9 Å². The van der Waals surface area contributed by atoms with Gasteiger partial charge < -0.3 is 38.8 Å². The summed E-state index contributed by atoms with van der Waals surface area (Å²) in [6, 6.07) is 8.69. The predicted octanol–water partition coefficient (Wildman–Crippen LogP) is 4.64. The molecule has 22 heteroatoms. The molecule has 1 amide bonds. The summed E-state index contributed by atoms with van der Waals surface area (Å²) in [5.74, 6) is -4.11. The number of ether oxygens (including phenoxy) is 5. The minimum Gasteiger partial charge on any atom is -0.425 e. The Morgan fingerprint density at radius 3 is 2.52 bits per heavy atom. The van der Waals surface area contributed by atoms with Crippen LogP contribution in [0.4, 0.5) is 18.0 Å². The van der Waals surface area contributed by atoms with Gasteiger partial charge in [0.05, 0.1) is 49.7 Å². The van der Waals surface area contributed by atoms with E-state index >= 15 is 4.39 Å². The molecule has 1 aromatic heterocycles. The second-order valence-corrected chi connectivity index (χ2v) is 15.2. The first-order valence-corrected chi connectivity index (χ1v) is 19.8. The smallest absolute Gasteiger partial charge is 0.425 e. The number of nitrogens with one attached hydrogen (secondary N) is 1. The molecule has 0 aliphatic carbocycles. The van der Waals surface area contributed by atoms with Gasteiger partial charge in [0, 0.05) is 42.3 Å². The van der Waals surface area contributed by atoms with Crippen molar-refractivity contribution in [3.8, 4) is 6.07 Å². The Balaban J connectivity index is 1.41. The van der Waals surface area contributed by atoms with Gasteiger partial charge in [0.2, 0.25) is 12.2 Å². The van der Waals surface area contributed by atoms with Crippen molar-refractivity contribution in [1.29, 1.82) is 5.26 Å². The minimum absolute atomic E-state index is 0.125. The molecule has 1 aliphatic rings. The average molecular weight is 854 g/mol. The number of carbonyl (C=O) groups is 3. The van der Waals surface area contributed by atoms with Crippen molar-refractivity contribution in [2.75, 3.05) is 26.4 Å². The number of phosphoric acid groups is 1. The molecule has 1 aliphatic heterocycles. The van der Waals surface area contributed by atoms with Gasteiger partial charge in [-0.1, -0.05) is 24.3 Å². The zero-order valence-corrected chi connectivity index (χ0v) is 32.7. The maximum atomic E-state index is 15.7. The Morgan fingerprint density at radius 1 is 1.10 bits per heavy atom. The van der Waals surface area contributed by atoms with Crippen molar-refractivity contribution in [3.63, 3.8) is 0 Å². The molecule has 3 unspecified atom stereocenters. The average Bonchev–Trinajstić information content (AvgIpc) is 3.67. The molecule has 2 aromatic carbocycles. The second-order valence-electron chi connectivity index (χ2n) is 12.3. The van der Waals surface area contributed by atoms with Crippen LogP contribution >= 0.6 is 19.6 Å². The van der Waals surface area contributed by atoms with Gasteiger partial charge in [0.1, 0.15) is 30.1 Å². The van der Waals surface area contributed by atoms with Crippen molar-refractivity contribution in [2.24, 2.45) is 0 Å². The van der Waals surface area contributed by atoms with Crippen LogP contribution in [-0.2, 0) is 54.5 Å². The number of aromatic nitrogens is 3. The molecular formula is C36H39F3N5O12PS. The molecule has 4 rings (SSSR count). The number of allylic oxidation sites excluding steroid dienone is 2. The summed E-state index contributed by atoms with van der Waals surface area (Å²) in [4.78, 5) is 59.0. The van der Waals surface area contributed by atoms with Crippen LogP contribution in [0.3, 0.4) is 0 Å². The van der Waals surface area contributed by atoms with E-state index in [1.54, 1.807) is 25.2 Å². The number of hydrogen-bond donors (Lipinski definition) is 3. The number of rotatable bonds is 19. The second kappa shape index (κ2) is 21.6. The molecule has 58 heavy (non-hydrogen) atoms. The van der Waals surface area contributed by atoms with Crippen molar-refractivity contribution in [3.05, 3.63) is 101 Å². The van der Waals surface area contributed by atoms with E-state index in [0.29, 0.717) is 6.07 Å². The lowest BCUT2D eigenvalue weighted by molar-refractivity contribution is -0.172. The maximum Gasteiger partial charge on any atom is 0.512 e. The zero-order chi connectivity index (χ0) is 42.3. The van der Waals surface area contributed by atoms with Gasteiger partial charge in [-0.2, -0.15) is 10.4 Å². The summed E-state index contributed by atoms with van der Waals surface area (Å²) in [6.07, 6.45) is 4.21. The first-order chi connectivity index (χ1) is 27.6. The van der Waals surface area contributed by atoms with Crippen LogP contribution in [-0.4, -0.2) is 92.0 Å². The molecular weight excluding hydrogens is 814 g/mol. The van der Waals surface area contributed by atoms with E-state index in [4.69, 9.17) is 38.7 Å². The van der Waals surface area contributed by atoms with Crippen LogP contribution in [0.5, 0.6) is 0 Å². The molecule has 0 bridgehead atoms. The molecule has 3 aromatic rings. The van der Waals surface area contributed by atoms with Crippen molar-refractivity contribution >= 4 is 43.7 Å². The molecule has 3 N–H and O–H groups in total. The molecule has 1 fully saturated rings. The van der Waals surface area contributed by atoms with Crippen LogP contribution in [0, 0.1) is 28.8 Å². The molecule has 2 heterocycles. The zero-order valence-electron chi connectivity index (χ0n) is 30.9. The van der Waals surface area contributed by atoms with E-state index in [-0.39, 0.29) is 49.4 Å². The SMILES string of the molecule is CC(OC(=O)CCC(=O)NCCOP(=O)(O)O)OC(=O)OC(Cn1cncn1)(c1ccc(F)cc1F)C(C)SC1COC(C=CC=Cc2ccc(C#N)cc2F)OC1. The van der Waals surface area contributed by atoms with Crippen LogP contribution in [0.1, 0.15) is 43.4 Å². The topological polar surface area (TPSA) is 231 Å². The number of benzene rings is 2. The lowest BCUT2D eigenvalue weighted by Crippen LogP contribution is -2.47. The van der Waals surface area contributed by atoms with Crippen molar-refractivity contribution in [2.45, 2.75) is 61.9 Å². The fourth-order valence-corrected chi connectivity index (χ4v) is 7.05. The Bertz CT molecular complexity index is 2020. The van der Waals surface area contributed by atoms with Gasteiger partial charge in [0.15, 0.2) is 11.9 Å². The maximum absolute atomic E-state index is 15.7. The first kappa shape index (κ1) is 45.6. The lowest BCUT2D eigenvalue weighted by atomic mass is 9.89. The van der Waals surface area contributed by atoms with Crippen LogP contribution in [0.25, 0.3) is 6.08 Å². The fraction of sp³-hybridized carbons (Fsp3) is 0.389. The van der Waals surface area contributed by atoms with Crippen LogP contribution in [0.15, 0.2) is 67.3 Å². The number of thioether (sulfide) groups is 1. The Hall–Kier alpha value is -5.07. The van der Waals surface area contributed by atoms with Crippen LogP contribution in [0.2, 0.25) is 0 Å². The standard InChI is InChI=1S/C36H39F3N5O12PS/c1-23(58-28-18-51-34(52-19-28)6-4-3-5-26-8-7-25(17-40)15-30(26)38)36(20-44-22-41-21-43-44,29-10-9-27(37)16-31(29)39)56-35(47)55-24(2)54-33(46)12-11-32(45)42-13-14-53-57(48,49)50/h3-10,15-16,21-24,28,34H,11-14,18-20H2,1-2H3,(H,42,45)(H2,48,49,50). The monoisotopic (exact) mass is 853 g/mol. The van der Waals surface area contributed by atoms with Crippen molar-refractivity contribution in [1.82, 2.24) is 20.1 Å². The molecule has 0 saturated carbocycles. The third-order valence-corrected chi connectivity index (χ3v) is 10.0. The number of hydrogen-bond acceptors (Lipinski definition) is 14. The van der Waals surface area contributed by atoms with Gasteiger partial charge in [-0.05, 0) is 37.3 Å². The number of nitriles is 1. The minimum atomic E-state index is -4.71. The highest BCUT2D eigenvalue weighted by atomic mass is 32.2. The number of amides is 1. The van der Waals surface area contributed by atoms with E-state index in [1.807, 2.05) is 6.07 Å². The normalized spacial score (nSPS) is 17.9. The Kier molecular flexibility index (Phi) is 17.0. The number of phosphoric ester groups is 1. The number of carbonyl (C=O) groups excluding carboxylic acids is 3. The summed E-state index contributed by atoms with van der Waals surface area (Å²) < 4.78 is 88.1. The third-order valence-electron chi connectivity index (χ3n) is 8.05. The van der Waals surface area contributed by atoms with E-state index in [2.05, 4.69) is 19.9 Å². The molecule has 3 atom stereocenters. The van der Waals surface area contributed by atoms with E-state index in [9.17, 15) is 27.7 Å². The molecule has 17 nitrogen and oxygen atoms in total. The van der Waals surface area contributed by atoms with Gasteiger partial charge in [0.25, 0.3) is 0 Å². The van der Waals surface area contributed by atoms with E-state index in [1.165, 1.54) is 54.2 Å². The largest absolute Gasteiger partial charge is 0.512 e. The summed E-state index contributed by atoms with van der Waals surface area (Å²) in [5.41, 5.74) is -1.74. The fourth-order valence-electron chi connectivity index (χ4n) is 5.36. The highest BCUT2D eigenvalue weighted by Crippen LogP contribution is 2.42. The van der Waals surface area contributed by atoms with E-state index in [0.717, 1.165) is 18.2 Å². The lowest BCUT2D eigenvalue weighted by Gasteiger charge is -2.40. The first-order valence-electron chi connectivity index (χ1n) is 17.3. The number of nitrogens with zero attached hydrogens (tertiary/aromatic N) is 4.